The molecule has 2 rings (SSSR count). The van der Waals surface area contributed by atoms with Gasteiger partial charge in [-0.25, -0.2) is 9.97 Å². The van der Waals surface area contributed by atoms with Crippen molar-refractivity contribution < 1.29 is 4.74 Å². The molecule has 0 unspecified atom stereocenters. The van der Waals surface area contributed by atoms with E-state index in [4.69, 9.17) is 4.74 Å². The van der Waals surface area contributed by atoms with Gasteiger partial charge in [-0.3, -0.25) is 0 Å². The standard InChI is InChI=1S/C11H9BrN2O/c12-6-9-7-13-11(14-8-9)15-10-4-2-1-3-5-10/h1-5,7-8H,6H2. The smallest absolute Gasteiger partial charge is 0.321 e. The molecule has 0 radical (unpaired) electrons. The third-order valence-electron chi connectivity index (χ3n) is 1.79. The Morgan fingerprint density at radius 1 is 1.07 bits per heavy atom. The van der Waals surface area contributed by atoms with E-state index in [1.54, 1.807) is 12.4 Å². The molecule has 3 nitrogen and oxygen atoms in total. The summed E-state index contributed by atoms with van der Waals surface area (Å²) in [7, 11) is 0. The first-order chi connectivity index (χ1) is 7.38. The molecule has 0 saturated carbocycles. The number of alkyl halides is 1. The van der Waals surface area contributed by atoms with Gasteiger partial charge in [0.05, 0.1) is 0 Å². The molecule has 0 aliphatic carbocycles. The number of ether oxygens (including phenoxy) is 1. The Morgan fingerprint density at radius 2 is 1.73 bits per heavy atom. The number of nitrogens with zero attached hydrogens (tertiary/aromatic N) is 2. The molecular weight excluding hydrogens is 256 g/mol. The van der Waals surface area contributed by atoms with Crippen molar-refractivity contribution >= 4 is 15.9 Å². The summed E-state index contributed by atoms with van der Waals surface area (Å²) in [6, 6.07) is 9.83. The van der Waals surface area contributed by atoms with Crippen LogP contribution in [0.4, 0.5) is 0 Å². The Hall–Kier alpha value is -1.42. The molecule has 0 aliphatic rings. The average molecular weight is 265 g/mol. The van der Waals surface area contributed by atoms with Crippen molar-refractivity contribution in [1.82, 2.24) is 9.97 Å². The highest BCUT2D eigenvalue weighted by molar-refractivity contribution is 9.08. The molecule has 0 amide bonds. The number of aromatic nitrogens is 2. The van der Waals surface area contributed by atoms with Crippen LogP contribution in [0.3, 0.4) is 0 Å². The van der Waals surface area contributed by atoms with Crippen LogP contribution in [-0.4, -0.2) is 9.97 Å². The molecule has 1 aromatic heterocycles. The highest BCUT2D eigenvalue weighted by Crippen LogP contribution is 2.16. The molecule has 2 aromatic rings. The van der Waals surface area contributed by atoms with Gasteiger partial charge in [-0.15, -0.1) is 0 Å². The van der Waals surface area contributed by atoms with Gasteiger partial charge >= 0.3 is 6.01 Å². The first-order valence-electron chi connectivity index (χ1n) is 4.48. The van der Waals surface area contributed by atoms with Crippen LogP contribution in [0, 0.1) is 0 Å². The van der Waals surface area contributed by atoms with Crippen LogP contribution >= 0.6 is 15.9 Å². The summed E-state index contributed by atoms with van der Waals surface area (Å²) in [6.45, 7) is 0. The normalized spacial score (nSPS) is 9.93. The van der Waals surface area contributed by atoms with Crippen LogP contribution in [0.25, 0.3) is 0 Å². The van der Waals surface area contributed by atoms with E-state index in [0.717, 1.165) is 16.6 Å². The van der Waals surface area contributed by atoms with Crippen molar-refractivity contribution in [2.24, 2.45) is 0 Å². The van der Waals surface area contributed by atoms with E-state index in [2.05, 4.69) is 25.9 Å². The number of benzene rings is 1. The van der Waals surface area contributed by atoms with E-state index in [-0.39, 0.29) is 0 Å². The largest absolute Gasteiger partial charge is 0.424 e. The second-order valence-electron chi connectivity index (χ2n) is 2.92. The second kappa shape index (κ2) is 4.89. The fourth-order valence-corrected chi connectivity index (χ4v) is 1.35. The Labute approximate surface area is 96.3 Å². The minimum atomic E-state index is 0.367. The molecule has 76 valence electrons. The summed E-state index contributed by atoms with van der Waals surface area (Å²) in [5.41, 5.74) is 1.02. The van der Waals surface area contributed by atoms with Gasteiger partial charge in [0.25, 0.3) is 0 Å². The zero-order chi connectivity index (χ0) is 10.5. The summed E-state index contributed by atoms with van der Waals surface area (Å²) in [6.07, 6.45) is 3.47. The van der Waals surface area contributed by atoms with Gasteiger partial charge in [0, 0.05) is 17.7 Å². The van der Waals surface area contributed by atoms with Crippen LogP contribution in [0.1, 0.15) is 5.56 Å². The van der Waals surface area contributed by atoms with E-state index in [1.165, 1.54) is 0 Å². The van der Waals surface area contributed by atoms with E-state index in [1.807, 2.05) is 30.3 Å². The van der Waals surface area contributed by atoms with E-state index >= 15 is 0 Å². The predicted molar refractivity (Wildman–Crippen MR) is 61.2 cm³/mol. The van der Waals surface area contributed by atoms with Gasteiger partial charge < -0.3 is 4.74 Å². The quantitative estimate of drug-likeness (QED) is 0.799. The van der Waals surface area contributed by atoms with Crippen molar-refractivity contribution in [1.29, 1.82) is 0 Å². The lowest BCUT2D eigenvalue weighted by molar-refractivity contribution is 0.441. The monoisotopic (exact) mass is 264 g/mol. The van der Waals surface area contributed by atoms with Crippen LogP contribution in [0.5, 0.6) is 11.8 Å². The Balaban J connectivity index is 2.11. The third-order valence-corrected chi connectivity index (χ3v) is 2.44. The fourth-order valence-electron chi connectivity index (χ4n) is 1.06. The average Bonchev–Trinajstić information content (AvgIpc) is 2.31. The Bertz CT molecular complexity index is 416. The third kappa shape index (κ3) is 2.76. The minimum Gasteiger partial charge on any atom is -0.424 e. The highest BCUT2D eigenvalue weighted by atomic mass is 79.9. The van der Waals surface area contributed by atoms with Crippen molar-refractivity contribution in [2.45, 2.75) is 5.33 Å². The van der Waals surface area contributed by atoms with Gasteiger partial charge in [-0.1, -0.05) is 34.1 Å². The number of rotatable bonds is 3. The van der Waals surface area contributed by atoms with Gasteiger partial charge in [0.1, 0.15) is 5.75 Å². The molecule has 0 N–H and O–H groups in total. The molecule has 1 heterocycles. The minimum absolute atomic E-state index is 0.367. The SMILES string of the molecule is BrCc1cnc(Oc2ccccc2)nc1. The first kappa shape index (κ1) is 10.1. The zero-order valence-corrected chi connectivity index (χ0v) is 9.52. The summed E-state index contributed by atoms with van der Waals surface area (Å²) in [5, 5.41) is 0.749. The highest BCUT2D eigenvalue weighted by Gasteiger charge is 1.99. The molecule has 1 aromatic carbocycles. The van der Waals surface area contributed by atoms with Gasteiger partial charge in [-0.2, -0.15) is 0 Å². The van der Waals surface area contributed by atoms with Crippen molar-refractivity contribution in [3.8, 4) is 11.8 Å². The summed E-state index contributed by atoms with van der Waals surface area (Å²) < 4.78 is 5.44. The van der Waals surface area contributed by atoms with Crippen molar-refractivity contribution in [3.05, 3.63) is 48.3 Å². The Kier molecular flexibility index (Phi) is 3.29. The van der Waals surface area contributed by atoms with Crippen LogP contribution in [-0.2, 0) is 5.33 Å². The maximum absolute atomic E-state index is 5.44. The maximum Gasteiger partial charge on any atom is 0.321 e. The molecule has 0 spiro atoms. The Morgan fingerprint density at radius 3 is 2.33 bits per heavy atom. The van der Waals surface area contributed by atoms with E-state index < -0.39 is 0 Å². The lowest BCUT2D eigenvalue weighted by Crippen LogP contribution is -1.92. The molecule has 15 heavy (non-hydrogen) atoms. The lowest BCUT2D eigenvalue weighted by Gasteiger charge is -2.02. The van der Waals surface area contributed by atoms with Crippen molar-refractivity contribution in [3.63, 3.8) is 0 Å². The lowest BCUT2D eigenvalue weighted by atomic mass is 10.3. The molecular formula is C11H9BrN2O. The van der Waals surface area contributed by atoms with Gasteiger partial charge in [-0.05, 0) is 17.7 Å². The van der Waals surface area contributed by atoms with Crippen LogP contribution < -0.4 is 4.74 Å². The predicted octanol–water partition coefficient (Wildman–Crippen LogP) is 3.16. The molecule has 0 bridgehead atoms. The number of halogens is 1. The van der Waals surface area contributed by atoms with Gasteiger partial charge in [0.2, 0.25) is 0 Å². The summed E-state index contributed by atoms with van der Waals surface area (Å²) in [5.74, 6) is 0.740. The second-order valence-corrected chi connectivity index (χ2v) is 3.48. The molecule has 0 fully saturated rings. The first-order valence-corrected chi connectivity index (χ1v) is 5.60. The topological polar surface area (TPSA) is 35.0 Å². The fraction of sp³-hybridized carbons (Fsp3) is 0.0909. The zero-order valence-electron chi connectivity index (χ0n) is 7.93. The van der Waals surface area contributed by atoms with E-state index in [9.17, 15) is 0 Å². The van der Waals surface area contributed by atoms with Gasteiger partial charge in [0.15, 0.2) is 0 Å². The number of hydrogen-bond donors (Lipinski definition) is 0. The summed E-state index contributed by atoms with van der Waals surface area (Å²) in [4.78, 5) is 8.16. The molecule has 0 atom stereocenters. The van der Waals surface area contributed by atoms with Crippen LogP contribution in [0.2, 0.25) is 0 Å². The maximum atomic E-state index is 5.44. The molecule has 4 heteroatoms. The van der Waals surface area contributed by atoms with E-state index in [0.29, 0.717) is 6.01 Å². The molecule has 0 aliphatic heterocycles. The number of hydrogen-bond acceptors (Lipinski definition) is 3. The number of para-hydroxylation sites is 1. The van der Waals surface area contributed by atoms with Crippen LogP contribution in [0.15, 0.2) is 42.7 Å². The molecule has 0 saturated heterocycles. The summed E-state index contributed by atoms with van der Waals surface area (Å²) >= 11 is 3.33. The van der Waals surface area contributed by atoms with Crippen molar-refractivity contribution in [2.75, 3.05) is 0 Å².